The molecule has 0 fully saturated rings. The van der Waals surface area contributed by atoms with Gasteiger partial charge in [-0.15, -0.1) is 0 Å². The van der Waals surface area contributed by atoms with Crippen molar-refractivity contribution in [3.63, 3.8) is 0 Å². The van der Waals surface area contributed by atoms with E-state index in [1.54, 1.807) is 0 Å². The highest BCUT2D eigenvalue weighted by Crippen LogP contribution is 2.14. The number of carbonyl (C=O) groups is 3. The van der Waals surface area contributed by atoms with E-state index in [9.17, 15) is 14.4 Å². The van der Waals surface area contributed by atoms with Gasteiger partial charge >= 0.3 is 17.9 Å². The van der Waals surface area contributed by atoms with Crippen LogP contribution in [0.2, 0.25) is 0 Å². The van der Waals surface area contributed by atoms with Gasteiger partial charge in [-0.1, -0.05) is 246 Å². The van der Waals surface area contributed by atoms with Crippen LogP contribution in [0.5, 0.6) is 0 Å². The van der Waals surface area contributed by atoms with Gasteiger partial charge in [0, 0.05) is 19.3 Å². The number of esters is 3. The van der Waals surface area contributed by atoms with Crippen LogP contribution in [-0.4, -0.2) is 37.2 Å². The van der Waals surface area contributed by atoms with Gasteiger partial charge in [-0.05, 0) is 64.2 Å². The minimum Gasteiger partial charge on any atom is -0.462 e. The van der Waals surface area contributed by atoms with Crippen LogP contribution in [0, 0.1) is 0 Å². The highest BCUT2D eigenvalue weighted by molar-refractivity contribution is 5.71. The molecule has 0 saturated heterocycles. The summed E-state index contributed by atoms with van der Waals surface area (Å²) in [6.45, 7) is 6.48. The molecule has 1 unspecified atom stereocenters. The van der Waals surface area contributed by atoms with Gasteiger partial charge in [0.2, 0.25) is 0 Å². The Hall–Kier alpha value is -3.67. The van der Waals surface area contributed by atoms with Gasteiger partial charge in [-0.3, -0.25) is 14.4 Å². The third kappa shape index (κ3) is 49.3. The van der Waals surface area contributed by atoms with Crippen molar-refractivity contribution < 1.29 is 28.6 Å². The van der Waals surface area contributed by atoms with Crippen LogP contribution in [0.1, 0.15) is 233 Å². The molecule has 0 aliphatic heterocycles. The Kier molecular flexibility index (Phi) is 49.0. The first kappa shape index (κ1) is 60.3. The molecule has 6 nitrogen and oxygen atoms in total. The van der Waals surface area contributed by atoms with E-state index < -0.39 is 6.10 Å². The first-order valence-corrected chi connectivity index (χ1v) is 26.3. The summed E-state index contributed by atoms with van der Waals surface area (Å²) in [5.74, 6) is -0.943. The molecule has 0 radical (unpaired) electrons. The molecule has 0 amide bonds. The summed E-state index contributed by atoms with van der Waals surface area (Å²) in [6, 6.07) is 0. The van der Waals surface area contributed by atoms with Crippen LogP contribution in [0.4, 0.5) is 0 Å². The maximum absolute atomic E-state index is 12.8. The molecule has 0 bridgehead atoms. The molecule has 0 spiro atoms. The number of hydrogen-bond acceptors (Lipinski definition) is 6. The lowest BCUT2D eigenvalue weighted by atomic mass is 10.1. The minimum absolute atomic E-state index is 0.0942. The minimum atomic E-state index is -0.798. The van der Waals surface area contributed by atoms with E-state index in [2.05, 4.69) is 93.7 Å². The van der Waals surface area contributed by atoms with E-state index in [1.807, 2.05) is 24.3 Å². The summed E-state index contributed by atoms with van der Waals surface area (Å²) in [5, 5.41) is 0. The molecule has 0 aliphatic carbocycles. The van der Waals surface area contributed by atoms with Crippen molar-refractivity contribution in [1.82, 2.24) is 0 Å². The maximum atomic E-state index is 12.8. The summed E-state index contributed by atoms with van der Waals surface area (Å²) in [5.41, 5.74) is 0. The lowest BCUT2D eigenvalue weighted by Gasteiger charge is -2.18. The molecule has 6 heteroatoms. The molecule has 0 aromatic carbocycles. The zero-order chi connectivity index (χ0) is 46.5. The second kappa shape index (κ2) is 52.0. The van der Waals surface area contributed by atoms with Gasteiger partial charge in [0.25, 0.3) is 0 Å². The van der Waals surface area contributed by atoms with Crippen LogP contribution in [0.15, 0.2) is 97.2 Å². The standard InChI is InChI=1S/C58H96O6/c1-4-7-10-13-16-19-22-24-26-28-30-32-34-36-39-42-45-48-51-57(60)63-54-55(53-62-56(59)50-47-44-41-38-21-18-15-12-9-6-3)64-58(61)52-49-46-43-40-37-35-33-31-29-27-25-23-20-17-14-11-8-5-2/h10,13,16,19,22-33,55H,4-9,11-12,14-15,17-18,20-21,34-54H2,1-3H3/b13-10-,19-16-,24-22-,25-23-,28-26-,29-27-,32-30-,33-31-. The average Bonchev–Trinajstić information content (AvgIpc) is 3.29. The largest absolute Gasteiger partial charge is 0.462 e. The average molecular weight is 889 g/mol. The molecule has 1 atom stereocenters. The second-order valence-electron chi connectivity index (χ2n) is 17.3. The molecular weight excluding hydrogens is 793 g/mol. The molecule has 0 heterocycles. The van der Waals surface area contributed by atoms with E-state index in [4.69, 9.17) is 14.2 Å². The quantitative estimate of drug-likeness (QED) is 0.0262. The number of allylic oxidation sites excluding steroid dienone is 16. The normalized spacial score (nSPS) is 12.9. The summed E-state index contributed by atoms with van der Waals surface area (Å²) in [6.07, 6.45) is 68.1. The van der Waals surface area contributed by atoms with Crippen LogP contribution in [0.3, 0.4) is 0 Å². The maximum Gasteiger partial charge on any atom is 0.306 e. The predicted molar refractivity (Wildman–Crippen MR) is 274 cm³/mol. The zero-order valence-corrected chi connectivity index (χ0v) is 41.5. The highest BCUT2D eigenvalue weighted by Gasteiger charge is 2.19. The van der Waals surface area contributed by atoms with Gasteiger partial charge < -0.3 is 14.2 Å². The fourth-order valence-electron chi connectivity index (χ4n) is 7.00. The highest BCUT2D eigenvalue weighted by atomic mass is 16.6. The van der Waals surface area contributed by atoms with Crippen molar-refractivity contribution in [3.8, 4) is 0 Å². The van der Waals surface area contributed by atoms with Gasteiger partial charge in [0.15, 0.2) is 6.10 Å². The van der Waals surface area contributed by atoms with Gasteiger partial charge in [-0.2, -0.15) is 0 Å². The van der Waals surface area contributed by atoms with E-state index in [0.29, 0.717) is 19.3 Å². The van der Waals surface area contributed by atoms with E-state index in [-0.39, 0.29) is 31.1 Å². The second-order valence-corrected chi connectivity index (χ2v) is 17.3. The fraction of sp³-hybridized carbons (Fsp3) is 0.672. The molecule has 0 aromatic heterocycles. The summed E-state index contributed by atoms with van der Waals surface area (Å²) in [4.78, 5) is 38.0. The van der Waals surface area contributed by atoms with Crippen molar-refractivity contribution in [2.45, 2.75) is 239 Å². The van der Waals surface area contributed by atoms with Crippen molar-refractivity contribution in [2.75, 3.05) is 13.2 Å². The van der Waals surface area contributed by atoms with Crippen molar-refractivity contribution in [2.24, 2.45) is 0 Å². The number of ether oxygens (including phenoxy) is 3. The Balaban J connectivity index is 4.46. The van der Waals surface area contributed by atoms with Crippen molar-refractivity contribution >= 4 is 17.9 Å². The molecule has 0 rings (SSSR count). The Morgan fingerprint density at radius 3 is 0.938 bits per heavy atom. The molecule has 0 saturated carbocycles. The van der Waals surface area contributed by atoms with Crippen LogP contribution in [-0.2, 0) is 28.6 Å². The van der Waals surface area contributed by atoms with Crippen molar-refractivity contribution in [1.29, 1.82) is 0 Å². The molecule has 364 valence electrons. The lowest BCUT2D eigenvalue weighted by molar-refractivity contribution is -0.167. The summed E-state index contributed by atoms with van der Waals surface area (Å²) < 4.78 is 16.8. The molecular formula is C58H96O6. The van der Waals surface area contributed by atoms with Gasteiger partial charge in [0.05, 0.1) is 0 Å². The lowest BCUT2D eigenvalue weighted by Crippen LogP contribution is -2.30. The third-order valence-corrected chi connectivity index (χ3v) is 11.0. The van der Waals surface area contributed by atoms with Crippen LogP contribution < -0.4 is 0 Å². The number of unbranched alkanes of at least 4 members (excludes halogenated alkanes) is 25. The first-order chi connectivity index (χ1) is 31.5. The van der Waals surface area contributed by atoms with E-state index in [0.717, 1.165) is 109 Å². The number of hydrogen-bond donors (Lipinski definition) is 0. The summed E-state index contributed by atoms with van der Waals surface area (Å²) >= 11 is 0. The fourth-order valence-corrected chi connectivity index (χ4v) is 7.00. The smallest absolute Gasteiger partial charge is 0.306 e. The Morgan fingerprint density at radius 2 is 0.594 bits per heavy atom. The van der Waals surface area contributed by atoms with Crippen LogP contribution in [0.25, 0.3) is 0 Å². The van der Waals surface area contributed by atoms with Crippen LogP contribution >= 0.6 is 0 Å². The first-order valence-electron chi connectivity index (χ1n) is 26.3. The number of rotatable bonds is 46. The molecule has 0 aromatic rings. The molecule has 0 aliphatic rings. The Morgan fingerprint density at radius 1 is 0.312 bits per heavy atom. The molecule has 64 heavy (non-hydrogen) atoms. The monoisotopic (exact) mass is 889 g/mol. The zero-order valence-electron chi connectivity index (χ0n) is 41.5. The van der Waals surface area contributed by atoms with E-state index in [1.165, 1.54) is 83.5 Å². The summed E-state index contributed by atoms with van der Waals surface area (Å²) in [7, 11) is 0. The van der Waals surface area contributed by atoms with Gasteiger partial charge in [-0.25, -0.2) is 0 Å². The van der Waals surface area contributed by atoms with E-state index >= 15 is 0 Å². The SMILES string of the molecule is CCC\C=C/C=C\C=C/C=C\C=C/CCCCCCCC(=O)OCC(COC(=O)CCCCCCCCCCCC)OC(=O)CCCCCCC\C=C/C=C\C=C/CCCCCCC. The molecule has 0 N–H and O–H groups in total. The van der Waals surface area contributed by atoms with Crippen molar-refractivity contribution in [3.05, 3.63) is 97.2 Å². The predicted octanol–water partition coefficient (Wildman–Crippen LogP) is 17.4. The number of carbonyl (C=O) groups excluding carboxylic acids is 3. The Labute approximate surface area is 394 Å². The third-order valence-electron chi connectivity index (χ3n) is 11.0. The Bertz CT molecular complexity index is 1300. The van der Waals surface area contributed by atoms with Gasteiger partial charge in [0.1, 0.15) is 13.2 Å². The topological polar surface area (TPSA) is 78.9 Å².